The van der Waals surface area contributed by atoms with Gasteiger partial charge in [0.1, 0.15) is 5.82 Å². The molecule has 4 rings (SSSR count). The number of piperidine rings is 1. The first kappa shape index (κ1) is 22.2. The van der Waals surface area contributed by atoms with Crippen molar-refractivity contribution in [1.29, 1.82) is 0 Å². The molecule has 0 N–H and O–H groups in total. The third-order valence-corrected chi connectivity index (χ3v) is 6.31. The van der Waals surface area contributed by atoms with Gasteiger partial charge in [-0.1, -0.05) is 13.8 Å². The van der Waals surface area contributed by atoms with Crippen molar-refractivity contribution in [1.82, 2.24) is 14.8 Å². The van der Waals surface area contributed by atoms with Crippen LogP contribution in [0.15, 0.2) is 30.3 Å². The van der Waals surface area contributed by atoms with Crippen LogP contribution < -0.4 is 4.90 Å². The van der Waals surface area contributed by atoms with Crippen molar-refractivity contribution in [3.05, 3.63) is 47.5 Å². The van der Waals surface area contributed by atoms with Crippen LogP contribution in [0.4, 0.5) is 10.1 Å². The minimum absolute atomic E-state index is 0.123. The first-order valence-electron chi connectivity index (χ1n) is 10.8. The Bertz CT molecular complexity index is 1130. The quantitative estimate of drug-likeness (QED) is 0.545. The first-order valence-corrected chi connectivity index (χ1v) is 10.8. The predicted molar refractivity (Wildman–Crippen MR) is 121 cm³/mol. The van der Waals surface area contributed by atoms with E-state index in [1.165, 1.54) is 19.2 Å². The number of nitrogens with zero attached hydrogens (tertiary/aromatic N) is 4. The molecule has 1 fully saturated rings. The maximum atomic E-state index is 13.5. The van der Waals surface area contributed by atoms with Crippen LogP contribution >= 0.6 is 0 Å². The highest BCUT2D eigenvalue weighted by Crippen LogP contribution is 2.37. The number of ether oxygens (including phenoxy) is 2. The SMILES string of the molecule is COC(=O)c1cc(N2CCC(C)(OC)CC2)c2c(C(C)C)nn(-c3ccc(F)cc3)c2n1. The van der Waals surface area contributed by atoms with Crippen LogP contribution in [0.1, 0.15) is 55.7 Å². The van der Waals surface area contributed by atoms with Gasteiger partial charge in [-0.25, -0.2) is 18.9 Å². The van der Waals surface area contributed by atoms with E-state index in [0.29, 0.717) is 11.3 Å². The van der Waals surface area contributed by atoms with E-state index in [0.717, 1.165) is 42.7 Å². The van der Waals surface area contributed by atoms with Crippen LogP contribution in [0.3, 0.4) is 0 Å². The normalized spacial score (nSPS) is 16.0. The van der Waals surface area contributed by atoms with E-state index < -0.39 is 5.97 Å². The van der Waals surface area contributed by atoms with Crippen molar-refractivity contribution in [3.8, 4) is 5.69 Å². The molecule has 0 unspecified atom stereocenters. The molecule has 32 heavy (non-hydrogen) atoms. The number of anilines is 1. The van der Waals surface area contributed by atoms with Gasteiger partial charge in [-0.15, -0.1) is 0 Å². The van der Waals surface area contributed by atoms with E-state index >= 15 is 0 Å². The largest absolute Gasteiger partial charge is 0.464 e. The van der Waals surface area contributed by atoms with Crippen LogP contribution in [0.5, 0.6) is 0 Å². The lowest BCUT2D eigenvalue weighted by Crippen LogP contribution is -2.43. The number of hydrogen-bond donors (Lipinski definition) is 0. The molecule has 3 heterocycles. The van der Waals surface area contributed by atoms with Gasteiger partial charge in [0.15, 0.2) is 11.3 Å². The lowest BCUT2D eigenvalue weighted by molar-refractivity contribution is -0.0132. The molecule has 3 aromatic rings. The first-order chi connectivity index (χ1) is 15.3. The average Bonchev–Trinajstić information content (AvgIpc) is 3.19. The Kier molecular flexibility index (Phi) is 5.90. The molecule has 8 heteroatoms. The predicted octanol–water partition coefficient (Wildman–Crippen LogP) is 4.47. The summed E-state index contributed by atoms with van der Waals surface area (Å²) in [5, 5.41) is 5.74. The van der Waals surface area contributed by atoms with Crippen molar-refractivity contribution in [2.75, 3.05) is 32.2 Å². The van der Waals surface area contributed by atoms with E-state index in [-0.39, 0.29) is 23.0 Å². The van der Waals surface area contributed by atoms with E-state index in [9.17, 15) is 9.18 Å². The zero-order valence-electron chi connectivity index (χ0n) is 19.2. The zero-order valence-corrected chi connectivity index (χ0v) is 19.2. The Morgan fingerprint density at radius 3 is 2.38 bits per heavy atom. The third kappa shape index (κ3) is 3.95. The number of aromatic nitrogens is 3. The van der Waals surface area contributed by atoms with Gasteiger partial charge in [-0.2, -0.15) is 5.10 Å². The standard InChI is InChI=1S/C24H29FN4O3/c1-15(2)21-20-19(28-12-10-24(3,32-5)11-13-28)14-18(23(30)31-4)26-22(20)29(27-21)17-8-6-16(25)7-9-17/h6-9,14-15H,10-13H2,1-5H3. The van der Waals surface area contributed by atoms with E-state index in [2.05, 4.69) is 30.7 Å². The summed E-state index contributed by atoms with van der Waals surface area (Å²) in [6.07, 6.45) is 1.73. The van der Waals surface area contributed by atoms with Gasteiger partial charge in [-0.3, -0.25) is 0 Å². The summed E-state index contributed by atoms with van der Waals surface area (Å²) in [7, 11) is 3.09. The van der Waals surface area contributed by atoms with Crippen molar-refractivity contribution < 1.29 is 18.7 Å². The van der Waals surface area contributed by atoms with Crippen LogP contribution in [0.2, 0.25) is 0 Å². The molecule has 1 saturated heterocycles. The summed E-state index contributed by atoms with van der Waals surface area (Å²) in [5.41, 5.74) is 3.07. The summed E-state index contributed by atoms with van der Waals surface area (Å²) in [4.78, 5) is 19.4. The van der Waals surface area contributed by atoms with Gasteiger partial charge >= 0.3 is 5.97 Å². The molecule has 1 aliphatic rings. The molecular weight excluding hydrogens is 411 g/mol. The number of methoxy groups -OCH3 is 2. The Labute approximate surface area is 187 Å². The molecule has 0 aliphatic carbocycles. The Morgan fingerprint density at radius 2 is 1.81 bits per heavy atom. The molecule has 0 spiro atoms. The van der Waals surface area contributed by atoms with Gasteiger partial charge in [-0.05, 0) is 56.0 Å². The second-order valence-electron chi connectivity index (χ2n) is 8.79. The molecule has 7 nitrogen and oxygen atoms in total. The molecular formula is C24H29FN4O3. The molecule has 0 atom stereocenters. The summed E-state index contributed by atoms with van der Waals surface area (Å²) in [6.45, 7) is 7.84. The minimum Gasteiger partial charge on any atom is -0.464 e. The summed E-state index contributed by atoms with van der Waals surface area (Å²) in [5.74, 6) is -0.713. The van der Waals surface area contributed by atoms with Crippen LogP contribution in [0.25, 0.3) is 16.7 Å². The summed E-state index contributed by atoms with van der Waals surface area (Å²) >= 11 is 0. The van der Waals surface area contributed by atoms with E-state index in [1.807, 2.05) is 0 Å². The van der Waals surface area contributed by atoms with Crippen LogP contribution in [0, 0.1) is 5.82 Å². The second-order valence-corrected chi connectivity index (χ2v) is 8.79. The van der Waals surface area contributed by atoms with Crippen molar-refractivity contribution in [3.63, 3.8) is 0 Å². The lowest BCUT2D eigenvalue weighted by Gasteiger charge is -2.39. The number of rotatable bonds is 5. The highest BCUT2D eigenvalue weighted by molar-refractivity contribution is 5.99. The highest BCUT2D eigenvalue weighted by Gasteiger charge is 2.32. The smallest absolute Gasteiger partial charge is 0.356 e. The van der Waals surface area contributed by atoms with Crippen LogP contribution in [-0.2, 0) is 9.47 Å². The molecule has 1 aromatic carbocycles. The molecule has 0 bridgehead atoms. The van der Waals surface area contributed by atoms with E-state index in [1.54, 1.807) is 30.0 Å². The van der Waals surface area contributed by atoms with Gasteiger partial charge in [0.25, 0.3) is 0 Å². The van der Waals surface area contributed by atoms with Gasteiger partial charge in [0, 0.05) is 20.2 Å². The Balaban J connectivity index is 1.94. The summed E-state index contributed by atoms with van der Waals surface area (Å²) < 4.78 is 25.9. The Morgan fingerprint density at radius 1 is 1.16 bits per heavy atom. The van der Waals surface area contributed by atoms with Crippen molar-refractivity contribution >= 4 is 22.7 Å². The van der Waals surface area contributed by atoms with Gasteiger partial charge in [0.05, 0.1) is 35.2 Å². The fourth-order valence-corrected chi connectivity index (χ4v) is 4.17. The van der Waals surface area contributed by atoms with Crippen LogP contribution in [-0.4, -0.2) is 53.6 Å². The second kappa shape index (κ2) is 8.50. The number of halogens is 1. The highest BCUT2D eigenvalue weighted by atomic mass is 19.1. The molecule has 2 aromatic heterocycles. The number of carbonyl (C=O) groups excluding carboxylic acids is 1. The lowest BCUT2D eigenvalue weighted by atomic mass is 9.92. The maximum absolute atomic E-state index is 13.5. The molecule has 1 aliphatic heterocycles. The molecule has 170 valence electrons. The van der Waals surface area contributed by atoms with Crippen molar-refractivity contribution in [2.45, 2.75) is 45.1 Å². The monoisotopic (exact) mass is 440 g/mol. The zero-order chi connectivity index (χ0) is 23.0. The fourth-order valence-electron chi connectivity index (χ4n) is 4.17. The number of pyridine rings is 1. The molecule has 0 radical (unpaired) electrons. The maximum Gasteiger partial charge on any atom is 0.356 e. The number of fused-ring (bicyclic) bond motifs is 1. The Hall–Kier alpha value is -3.00. The van der Waals surface area contributed by atoms with E-state index in [4.69, 9.17) is 14.6 Å². The third-order valence-electron chi connectivity index (χ3n) is 6.31. The number of benzene rings is 1. The average molecular weight is 441 g/mol. The minimum atomic E-state index is -0.509. The molecule has 0 amide bonds. The van der Waals surface area contributed by atoms with Gasteiger partial charge < -0.3 is 14.4 Å². The fraction of sp³-hybridized carbons (Fsp3) is 0.458. The molecule has 0 saturated carbocycles. The number of carbonyl (C=O) groups is 1. The summed E-state index contributed by atoms with van der Waals surface area (Å²) in [6, 6.07) is 7.89. The number of hydrogen-bond acceptors (Lipinski definition) is 6. The van der Waals surface area contributed by atoms with Crippen molar-refractivity contribution in [2.24, 2.45) is 0 Å². The topological polar surface area (TPSA) is 69.5 Å². The number of esters is 1. The van der Waals surface area contributed by atoms with Gasteiger partial charge in [0.2, 0.25) is 0 Å².